The van der Waals surface area contributed by atoms with E-state index in [1.807, 2.05) is 39.0 Å². The third-order valence-corrected chi connectivity index (χ3v) is 3.01. The molecule has 0 heterocycles. The van der Waals surface area contributed by atoms with E-state index in [9.17, 15) is 4.79 Å². The Morgan fingerprint density at radius 3 is 2.82 bits per heavy atom. The van der Waals surface area contributed by atoms with E-state index < -0.39 is 0 Å². The van der Waals surface area contributed by atoms with Crippen molar-refractivity contribution in [3.8, 4) is 5.75 Å². The molecule has 0 aromatic heterocycles. The minimum Gasteiger partial charge on any atom is -0.484 e. The molecule has 0 aliphatic carbocycles. The van der Waals surface area contributed by atoms with Gasteiger partial charge in [-0.2, -0.15) is 0 Å². The first-order chi connectivity index (χ1) is 8.02. The molecule has 1 amide bonds. The number of rotatable bonds is 5. The summed E-state index contributed by atoms with van der Waals surface area (Å²) in [4.78, 5) is 11.5. The highest BCUT2D eigenvalue weighted by Gasteiger charge is 2.07. The minimum absolute atomic E-state index is 0.0623. The Kier molecular flexibility index (Phi) is 5.48. The van der Waals surface area contributed by atoms with Gasteiger partial charge in [0.25, 0.3) is 5.91 Å². The topological polar surface area (TPSA) is 38.3 Å². The molecular formula is C13H18BrNO2. The summed E-state index contributed by atoms with van der Waals surface area (Å²) in [6.07, 6.45) is 0.920. The lowest BCUT2D eigenvalue weighted by atomic mass is 10.2. The number of halogens is 1. The Balaban J connectivity index is 2.47. The van der Waals surface area contributed by atoms with Crippen LogP contribution in [0.4, 0.5) is 0 Å². The molecule has 0 unspecified atom stereocenters. The highest BCUT2D eigenvalue weighted by Crippen LogP contribution is 2.21. The largest absolute Gasteiger partial charge is 0.484 e. The Hall–Kier alpha value is -1.03. The lowest BCUT2D eigenvalue weighted by molar-refractivity contribution is -0.123. The van der Waals surface area contributed by atoms with Crippen molar-refractivity contribution in [2.75, 3.05) is 6.61 Å². The second-order valence-corrected chi connectivity index (χ2v) is 4.99. The van der Waals surface area contributed by atoms with Crippen molar-refractivity contribution in [3.05, 3.63) is 28.2 Å². The standard InChI is InChI=1S/C13H18BrNO2/c1-4-10(3)15-13(16)8-17-12-6-5-11(14)7-9(12)2/h5-7,10H,4,8H2,1-3H3,(H,15,16)/t10-/m1/s1. The highest BCUT2D eigenvalue weighted by molar-refractivity contribution is 9.10. The first kappa shape index (κ1) is 14.0. The van der Waals surface area contributed by atoms with E-state index in [1.54, 1.807) is 0 Å². The van der Waals surface area contributed by atoms with E-state index in [0.717, 1.165) is 22.2 Å². The van der Waals surface area contributed by atoms with Gasteiger partial charge < -0.3 is 10.1 Å². The summed E-state index contributed by atoms with van der Waals surface area (Å²) in [6, 6.07) is 5.91. The number of hydrogen-bond acceptors (Lipinski definition) is 2. The number of ether oxygens (including phenoxy) is 1. The van der Waals surface area contributed by atoms with Gasteiger partial charge in [0.1, 0.15) is 5.75 Å². The summed E-state index contributed by atoms with van der Waals surface area (Å²) in [7, 11) is 0. The van der Waals surface area contributed by atoms with Gasteiger partial charge in [-0.3, -0.25) is 4.79 Å². The molecule has 4 heteroatoms. The van der Waals surface area contributed by atoms with Gasteiger partial charge >= 0.3 is 0 Å². The predicted octanol–water partition coefficient (Wildman–Crippen LogP) is 3.05. The fourth-order valence-electron chi connectivity index (χ4n) is 1.34. The van der Waals surface area contributed by atoms with Crippen LogP contribution in [0.5, 0.6) is 5.75 Å². The van der Waals surface area contributed by atoms with Crippen LogP contribution in [0.2, 0.25) is 0 Å². The second-order valence-electron chi connectivity index (χ2n) is 4.08. The number of carbonyl (C=O) groups excluding carboxylic acids is 1. The van der Waals surface area contributed by atoms with Crippen molar-refractivity contribution >= 4 is 21.8 Å². The van der Waals surface area contributed by atoms with Crippen LogP contribution in [0.1, 0.15) is 25.8 Å². The fraction of sp³-hybridized carbons (Fsp3) is 0.462. The van der Waals surface area contributed by atoms with E-state index in [4.69, 9.17) is 4.74 Å². The normalized spacial score (nSPS) is 12.0. The van der Waals surface area contributed by atoms with Gasteiger partial charge in [-0.15, -0.1) is 0 Å². The molecule has 1 rings (SSSR count). The van der Waals surface area contributed by atoms with Crippen molar-refractivity contribution in [2.24, 2.45) is 0 Å². The van der Waals surface area contributed by atoms with E-state index in [-0.39, 0.29) is 18.6 Å². The van der Waals surface area contributed by atoms with Gasteiger partial charge in [0.05, 0.1) is 0 Å². The maximum Gasteiger partial charge on any atom is 0.258 e. The van der Waals surface area contributed by atoms with E-state index >= 15 is 0 Å². The first-order valence-corrected chi connectivity index (χ1v) is 6.50. The zero-order valence-corrected chi connectivity index (χ0v) is 12.0. The maximum absolute atomic E-state index is 11.5. The summed E-state index contributed by atoms with van der Waals surface area (Å²) in [5.41, 5.74) is 1.01. The smallest absolute Gasteiger partial charge is 0.258 e. The molecule has 1 N–H and O–H groups in total. The van der Waals surface area contributed by atoms with E-state index in [2.05, 4.69) is 21.2 Å². The van der Waals surface area contributed by atoms with Crippen LogP contribution >= 0.6 is 15.9 Å². The van der Waals surface area contributed by atoms with E-state index in [0.29, 0.717) is 0 Å². The molecule has 0 fully saturated rings. The number of nitrogens with one attached hydrogen (secondary N) is 1. The Labute approximate surface area is 111 Å². The van der Waals surface area contributed by atoms with Crippen molar-refractivity contribution in [1.29, 1.82) is 0 Å². The van der Waals surface area contributed by atoms with Crippen LogP contribution in [-0.2, 0) is 4.79 Å². The molecule has 0 saturated heterocycles. The molecular weight excluding hydrogens is 282 g/mol. The maximum atomic E-state index is 11.5. The predicted molar refractivity (Wildman–Crippen MR) is 72.3 cm³/mol. The van der Waals surface area contributed by atoms with Crippen molar-refractivity contribution in [3.63, 3.8) is 0 Å². The van der Waals surface area contributed by atoms with Crippen LogP contribution in [0, 0.1) is 6.92 Å². The molecule has 0 aliphatic heterocycles. The van der Waals surface area contributed by atoms with Gasteiger partial charge in [0.2, 0.25) is 0 Å². The lowest BCUT2D eigenvalue weighted by Gasteiger charge is -2.13. The Morgan fingerprint density at radius 1 is 1.53 bits per heavy atom. The second kappa shape index (κ2) is 6.64. The Bertz CT molecular complexity index is 393. The molecule has 0 aliphatic rings. The molecule has 1 aromatic rings. The molecule has 0 spiro atoms. The molecule has 0 bridgehead atoms. The zero-order valence-electron chi connectivity index (χ0n) is 10.4. The van der Waals surface area contributed by atoms with Gasteiger partial charge in [0, 0.05) is 10.5 Å². The Morgan fingerprint density at radius 2 is 2.24 bits per heavy atom. The van der Waals surface area contributed by atoms with Gasteiger partial charge in [-0.25, -0.2) is 0 Å². The van der Waals surface area contributed by atoms with E-state index in [1.165, 1.54) is 0 Å². The highest BCUT2D eigenvalue weighted by atomic mass is 79.9. The van der Waals surface area contributed by atoms with Crippen molar-refractivity contribution in [1.82, 2.24) is 5.32 Å². The van der Waals surface area contributed by atoms with Gasteiger partial charge in [0.15, 0.2) is 6.61 Å². The molecule has 17 heavy (non-hydrogen) atoms. The lowest BCUT2D eigenvalue weighted by Crippen LogP contribution is -2.35. The summed E-state index contributed by atoms with van der Waals surface area (Å²) in [5.74, 6) is 0.661. The summed E-state index contributed by atoms with van der Waals surface area (Å²) >= 11 is 3.38. The van der Waals surface area contributed by atoms with Crippen LogP contribution in [0.25, 0.3) is 0 Å². The fourth-order valence-corrected chi connectivity index (χ4v) is 1.81. The summed E-state index contributed by atoms with van der Waals surface area (Å²) in [6.45, 7) is 6.02. The number of carbonyl (C=O) groups is 1. The quantitative estimate of drug-likeness (QED) is 0.907. The summed E-state index contributed by atoms with van der Waals surface area (Å²) in [5, 5.41) is 2.86. The average molecular weight is 300 g/mol. The zero-order chi connectivity index (χ0) is 12.8. The van der Waals surface area contributed by atoms with Crippen LogP contribution in [0.3, 0.4) is 0 Å². The third-order valence-electron chi connectivity index (χ3n) is 2.52. The average Bonchev–Trinajstić information content (AvgIpc) is 2.27. The van der Waals surface area contributed by atoms with Crippen molar-refractivity contribution < 1.29 is 9.53 Å². The molecule has 3 nitrogen and oxygen atoms in total. The van der Waals surface area contributed by atoms with Crippen LogP contribution in [-0.4, -0.2) is 18.6 Å². The third kappa shape index (κ3) is 4.77. The molecule has 0 radical (unpaired) electrons. The van der Waals surface area contributed by atoms with Crippen LogP contribution in [0.15, 0.2) is 22.7 Å². The van der Waals surface area contributed by atoms with Crippen LogP contribution < -0.4 is 10.1 Å². The molecule has 1 aromatic carbocycles. The molecule has 0 saturated carbocycles. The number of amides is 1. The van der Waals surface area contributed by atoms with Crippen molar-refractivity contribution in [2.45, 2.75) is 33.2 Å². The molecule has 1 atom stereocenters. The number of benzene rings is 1. The monoisotopic (exact) mass is 299 g/mol. The molecule has 94 valence electrons. The summed E-state index contributed by atoms with van der Waals surface area (Å²) < 4.78 is 6.47. The van der Waals surface area contributed by atoms with Gasteiger partial charge in [-0.1, -0.05) is 22.9 Å². The van der Waals surface area contributed by atoms with Gasteiger partial charge in [-0.05, 0) is 44.0 Å². The first-order valence-electron chi connectivity index (χ1n) is 5.71. The SMILES string of the molecule is CC[C@@H](C)NC(=O)COc1ccc(Br)cc1C. The number of hydrogen-bond donors (Lipinski definition) is 1. The minimum atomic E-state index is -0.0818. The number of aryl methyl sites for hydroxylation is 1.